The fraction of sp³-hybridized carbons (Fsp3) is 0. The van der Waals surface area contributed by atoms with Crippen molar-refractivity contribution in [2.75, 3.05) is 0 Å². The van der Waals surface area contributed by atoms with E-state index in [1.807, 2.05) is 0 Å². The molecule has 0 aromatic heterocycles. The summed E-state index contributed by atoms with van der Waals surface area (Å²) in [5, 5.41) is 8.64. The molecule has 0 spiro atoms. The predicted octanol–water partition coefficient (Wildman–Crippen LogP) is 1.68. The maximum absolute atomic E-state index is 10.5. The molecule has 0 saturated heterocycles. The van der Waals surface area contributed by atoms with Crippen molar-refractivity contribution < 1.29 is 19.4 Å². The van der Waals surface area contributed by atoms with Gasteiger partial charge in [0.25, 0.3) is 6.47 Å². The first-order valence-electron chi connectivity index (χ1n) is 3.27. The summed E-state index contributed by atoms with van der Waals surface area (Å²) in [6.45, 7) is 0.243. The predicted molar refractivity (Wildman–Crippen MR) is 47.8 cm³/mol. The van der Waals surface area contributed by atoms with Crippen LogP contribution in [0.15, 0.2) is 22.7 Å². The van der Waals surface area contributed by atoms with Crippen molar-refractivity contribution in [3.8, 4) is 5.75 Å². The minimum absolute atomic E-state index is 0.0613. The Kier molecular flexibility index (Phi) is 3.02. The Hall–Kier alpha value is -1.36. The first-order chi connectivity index (χ1) is 6.13. The molecule has 0 radical (unpaired) electrons. The Morgan fingerprint density at radius 1 is 1.46 bits per heavy atom. The molecule has 13 heavy (non-hydrogen) atoms. The van der Waals surface area contributed by atoms with Crippen molar-refractivity contribution in [2.45, 2.75) is 0 Å². The lowest BCUT2D eigenvalue weighted by Crippen LogP contribution is -1.97. The number of hydrogen-bond donors (Lipinski definition) is 1. The number of ether oxygens (including phenoxy) is 1. The molecule has 1 N–H and O–H groups in total. The van der Waals surface area contributed by atoms with Gasteiger partial charge in [0.15, 0.2) is 0 Å². The quantitative estimate of drug-likeness (QED) is 0.823. The third kappa shape index (κ3) is 2.55. The van der Waals surface area contributed by atoms with Crippen LogP contribution in [0.3, 0.4) is 0 Å². The van der Waals surface area contributed by atoms with Crippen LogP contribution in [0.25, 0.3) is 0 Å². The van der Waals surface area contributed by atoms with E-state index in [4.69, 9.17) is 5.11 Å². The van der Waals surface area contributed by atoms with E-state index in [9.17, 15) is 9.59 Å². The first-order valence-corrected chi connectivity index (χ1v) is 4.07. The van der Waals surface area contributed by atoms with Crippen molar-refractivity contribution in [3.05, 3.63) is 28.2 Å². The molecule has 1 aromatic carbocycles. The van der Waals surface area contributed by atoms with E-state index in [0.717, 1.165) is 0 Å². The summed E-state index contributed by atoms with van der Waals surface area (Å²) in [4.78, 5) is 20.5. The highest BCUT2D eigenvalue weighted by atomic mass is 79.9. The van der Waals surface area contributed by atoms with E-state index >= 15 is 0 Å². The number of carbonyl (C=O) groups excluding carboxylic acids is 1. The van der Waals surface area contributed by atoms with Gasteiger partial charge in [-0.25, -0.2) is 4.79 Å². The molecular formula is C8H5BrO4. The number of hydrogen-bond acceptors (Lipinski definition) is 3. The Bertz CT molecular complexity index is 348. The maximum Gasteiger partial charge on any atom is 0.335 e. The van der Waals surface area contributed by atoms with E-state index in [0.29, 0.717) is 4.47 Å². The van der Waals surface area contributed by atoms with Crippen LogP contribution in [0.5, 0.6) is 5.75 Å². The Morgan fingerprint density at radius 2 is 2.15 bits per heavy atom. The molecule has 0 heterocycles. The normalized spacial score (nSPS) is 9.31. The van der Waals surface area contributed by atoms with Crippen LogP contribution in [0.1, 0.15) is 10.4 Å². The lowest BCUT2D eigenvalue weighted by atomic mass is 10.2. The Balaban J connectivity index is 3.10. The zero-order valence-electron chi connectivity index (χ0n) is 6.36. The van der Waals surface area contributed by atoms with Gasteiger partial charge in [-0.05, 0) is 18.2 Å². The second-order valence-electron chi connectivity index (χ2n) is 2.19. The molecule has 5 heteroatoms. The van der Waals surface area contributed by atoms with Crippen LogP contribution in [0.2, 0.25) is 0 Å². The van der Waals surface area contributed by atoms with Gasteiger partial charge < -0.3 is 9.84 Å². The van der Waals surface area contributed by atoms with Gasteiger partial charge in [0.1, 0.15) is 5.75 Å². The van der Waals surface area contributed by atoms with Gasteiger partial charge >= 0.3 is 5.97 Å². The van der Waals surface area contributed by atoms with Gasteiger partial charge in [0, 0.05) is 4.47 Å². The average Bonchev–Trinajstić information content (AvgIpc) is 2.03. The minimum atomic E-state index is -1.07. The van der Waals surface area contributed by atoms with Crippen LogP contribution in [-0.2, 0) is 4.79 Å². The highest BCUT2D eigenvalue weighted by molar-refractivity contribution is 9.10. The second-order valence-corrected chi connectivity index (χ2v) is 3.11. The van der Waals surface area contributed by atoms with Crippen LogP contribution < -0.4 is 4.74 Å². The SMILES string of the molecule is O=COc1cc(Br)cc(C(=O)O)c1. The number of halogens is 1. The summed E-state index contributed by atoms with van der Waals surface area (Å²) in [7, 11) is 0. The van der Waals surface area contributed by atoms with Gasteiger partial charge in [-0.2, -0.15) is 0 Å². The van der Waals surface area contributed by atoms with E-state index in [2.05, 4.69) is 20.7 Å². The molecule has 0 unspecified atom stereocenters. The van der Waals surface area contributed by atoms with Crippen molar-refractivity contribution in [1.29, 1.82) is 0 Å². The molecule has 68 valence electrons. The summed E-state index contributed by atoms with van der Waals surface area (Å²) >= 11 is 3.09. The molecule has 0 aliphatic carbocycles. The van der Waals surface area contributed by atoms with Crippen LogP contribution >= 0.6 is 15.9 Å². The second kappa shape index (κ2) is 4.04. The fourth-order valence-electron chi connectivity index (χ4n) is 0.810. The van der Waals surface area contributed by atoms with Crippen LogP contribution in [-0.4, -0.2) is 17.5 Å². The summed E-state index contributed by atoms with van der Waals surface area (Å²) in [5.74, 6) is -0.876. The number of aromatic carboxylic acids is 1. The molecule has 1 rings (SSSR count). The largest absolute Gasteiger partial charge is 0.478 e. The standard InChI is InChI=1S/C8H5BrO4/c9-6-1-5(8(11)12)2-7(3-6)13-4-10/h1-4H,(H,11,12). The number of benzene rings is 1. The lowest BCUT2D eigenvalue weighted by Gasteiger charge is -2.00. The zero-order valence-corrected chi connectivity index (χ0v) is 7.95. The molecule has 1 aromatic rings. The molecule has 0 aliphatic heterocycles. The molecule has 0 bridgehead atoms. The smallest absolute Gasteiger partial charge is 0.335 e. The summed E-state index contributed by atoms with van der Waals surface area (Å²) in [6, 6.07) is 4.18. The third-order valence-corrected chi connectivity index (χ3v) is 1.76. The highest BCUT2D eigenvalue weighted by Crippen LogP contribution is 2.21. The maximum atomic E-state index is 10.5. The number of carboxylic acid groups (broad SMARTS) is 1. The molecule has 0 amide bonds. The van der Waals surface area contributed by atoms with Gasteiger partial charge in [0.05, 0.1) is 5.56 Å². The molecular weight excluding hydrogens is 240 g/mol. The third-order valence-electron chi connectivity index (χ3n) is 1.30. The zero-order chi connectivity index (χ0) is 9.84. The summed E-state index contributed by atoms with van der Waals surface area (Å²) < 4.78 is 5.05. The molecule has 0 aliphatic rings. The highest BCUT2D eigenvalue weighted by Gasteiger charge is 2.06. The Morgan fingerprint density at radius 3 is 2.69 bits per heavy atom. The van der Waals surface area contributed by atoms with E-state index in [1.165, 1.54) is 18.2 Å². The molecule has 0 atom stereocenters. The monoisotopic (exact) mass is 244 g/mol. The van der Waals surface area contributed by atoms with Gasteiger partial charge in [-0.1, -0.05) is 15.9 Å². The van der Waals surface area contributed by atoms with Crippen LogP contribution in [0.4, 0.5) is 0 Å². The van der Waals surface area contributed by atoms with Crippen molar-refractivity contribution in [1.82, 2.24) is 0 Å². The van der Waals surface area contributed by atoms with Gasteiger partial charge in [-0.15, -0.1) is 0 Å². The van der Waals surface area contributed by atoms with Crippen molar-refractivity contribution in [3.63, 3.8) is 0 Å². The first kappa shape index (κ1) is 9.73. The van der Waals surface area contributed by atoms with E-state index in [1.54, 1.807) is 0 Å². The molecule has 0 saturated carbocycles. The lowest BCUT2D eigenvalue weighted by molar-refractivity contribution is -0.120. The van der Waals surface area contributed by atoms with Gasteiger partial charge in [-0.3, -0.25) is 4.79 Å². The topological polar surface area (TPSA) is 63.6 Å². The summed E-state index contributed by atoms with van der Waals surface area (Å²) in [6.07, 6.45) is 0. The Labute approximate surface area is 82.3 Å². The summed E-state index contributed by atoms with van der Waals surface area (Å²) in [5.41, 5.74) is 0.0613. The molecule has 4 nitrogen and oxygen atoms in total. The van der Waals surface area contributed by atoms with E-state index < -0.39 is 5.97 Å². The van der Waals surface area contributed by atoms with Crippen molar-refractivity contribution >= 4 is 28.4 Å². The van der Waals surface area contributed by atoms with Crippen molar-refractivity contribution in [2.24, 2.45) is 0 Å². The molecule has 0 fully saturated rings. The van der Waals surface area contributed by atoms with Crippen LogP contribution in [0, 0.1) is 0 Å². The number of carboxylic acids is 1. The fourth-order valence-corrected chi connectivity index (χ4v) is 1.28. The average molecular weight is 245 g/mol. The van der Waals surface area contributed by atoms with Gasteiger partial charge in [0.2, 0.25) is 0 Å². The van der Waals surface area contributed by atoms with E-state index in [-0.39, 0.29) is 17.8 Å². The minimum Gasteiger partial charge on any atom is -0.478 e. The number of rotatable bonds is 3. The number of carbonyl (C=O) groups is 2.